The van der Waals surface area contributed by atoms with Gasteiger partial charge in [0.05, 0.1) is 6.61 Å². The summed E-state index contributed by atoms with van der Waals surface area (Å²) in [6.45, 7) is 10.2. The summed E-state index contributed by atoms with van der Waals surface area (Å²) in [5, 5.41) is 0. The molecule has 0 aliphatic carbocycles. The van der Waals surface area contributed by atoms with Crippen LogP contribution in [0.3, 0.4) is 0 Å². The second-order valence-electron chi connectivity index (χ2n) is 4.67. The summed E-state index contributed by atoms with van der Waals surface area (Å²) >= 11 is 0. The molecule has 0 amide bonds. The van der Waals surface area contributed by atoms with Gasteiger partial charge in [0.2, 0.25) is 0 Å². The first kappa shape index (κ1) is 15.7. The highest BCUT2D eigenvalue weighted by Gasteiger charge is 1.96. The van der Waals surface area contributed by atoms with E-state index in [0.717, 1.165) is 19.6 Å². The molecule has 16 heavy (non-hydrogen) atoms. The average molecular weight is 226 g/mol. The second-order valence-corrected chi connectivity index (χ2v) is 4.67. The van der Waals surface area contributed by atoms with Crippen LogP contribution in [-0.4, -0.2) is 13.2 Å². The molecule has 96 valence electrons. The van der Waals surface area contributed by atoms with Crippen molar-refractivity contribution in [1.82, 2.24) is 0 Å². The van der Waals surface area contributed by atoms with Crippen LogP contribution in [0.2, 0.25) is 0 Å². The molecule has 0 radical (unpaired) electrons. The van der Waals surface area contributed by atoms with Gasteiger partial charge in [0.1, 0.15) is 0 Å². The zero-order valence-electron chi connectivity index (χ0n) is 11.4. The van der Waals surface area contributed by atoms with E-state index < -0.39 is 0 Å². The van der Waals surface area contributed by atoms with Gasteiger partial charge in [0, 0.05) is 6.61 Å². The first-order chi connectivity index (χ1) is 7.81. The van der Waals surface area contributed by atoms with Crippen molar-refractivity contribution in [2.24, 2.45) is 0 Å². The fraction of sp³-hybridized carbons (Fsp3) is 0.867. The number of ether oxygens (including phenoxy) is 1. The maximum Gasteiger partial charge on any atom is 0.0674 e. The van der Waals surface area contributed by atoms with E-state index in [1.807, 2.05) is 0 Å². The Morgan fingerprint density at radius 1 is 0.875 bits per heavy atom. The molecule has 0 atom stereocenters. The summed E-state index contributed by atoms with van der Waals surface area (Å²) in [5.41, 5.74) is 1.27. The van der Waals surface area contributed by atoms with Crippen molar-refractivity contribution in [3.05, 3.63) is 12.2 Å². The molecule has 0 aliphatic rings. The van der Waals surface area contributed by atoms with Crippen LogP contribution < -0.4 is 0 Å². The van der Waals surface area contributed by atoms with E-state index in [1.165, 1.54) is 56.9 Å². The molecule has 0 saturated carbocycles. The minimum Gasteiger partial charge on any atom is -0.377 e. The summed E-state index contributed by atoms with van der Waals surface area (Å²) in [6, 6.07) is 0. The Bertz CT molecular complexity index is 152. The van der Waals surface area contributed by atoms with Crippen molar-refractivity contribution in [3.8, 4) is 0 Å². The van der Waals surface area contributed by atoms with E-state index in [-0.39, 0.29) is 0 Å². The topological polar surface area (TPSA) is 9.23 Å². The lowest BCUT2D eigenvalue weighted by molar-refractivity contribution is 0.151. The molecule has 0 heterocycles. The van der Waals surface area contributed by atoms with Gasteiger partial charge in [-0.3, -0.25) is 0 Å². The van der Waals surface area contributed by atoms with Gasteiger partial charge in [-0.25, -0.2) is 0 Å². The van der Waals surface area contributed by atoms with Gasteiger partial charge >= 0.3 is 0 Å². The van der Waals surface area contributed by atoms with Crippen LogP contribution in [0, 0.1) is 0 Å². The van der Waals surface area contributed by atoms with Crippen LogP contribution in [0.4, 0.5) is 0 Å². The van der Waals surface area contributed by atoms with Crippen molar-refractivity contribution in [3.63, 3.8) is 0 Å². The average Bonchev–Trinajstić information content (AvgIpc) is 2.29. The van der Waals surface area contributed by atoms with Crippen LogP contribution in [-0.2, 0) is 4.74 Å². The maximum absolute atomic E-state index is 5.53. The first-order valence-corrected chi connectivity index (χ1v) is 7.05. The lowest BCUT2D eigenvalue weighted by atomic mass is 10.1. The third-order valence-corrected chi connectivity index (χ3v) is 2.83. The van der Waals surface area contributed by atoms with Crippen molar-refractivity contribution >= 4 is 0 Å². The predicted octanol–water partition coefficient (Wildman–Crippen LogP) is 5.11. The molecule has 0 aliphatic heterocycles. The Morgan fingerprint density at radius 3 is 2.19 bits per heavy atom. The van der Waals surface area contributed by atoms with Crippen LogP contribution in [0.25, 0.3) is 0 Å². The van der Waals surface area contributed by atoms with Crippen molar-refractivity contribution in [1.29, 1.82) is 0 Å². The van der Waals surface area contributed by atoms with Crippen LogP contribution >= 0.6 is 0 Å². The van der Waals surface area contributed by atoms with Crippen molar-refractivity contribution in [2.75, 3.05) is 13.2 Å². The molecule has 1 heteroatoms. The minimum atomic E-state index is 0.773. The largest absolute Gasteiger partial charge is 0.377 e. The summed E-state index contributed by atoms with van der Waals surface area (Å²) in [5.74, 6) is 0. The zero-order valence-corrected chi connectivity index (χ0v) is 11.4. The molecule has 0 fully saturated rings. The third-order valence-electron chi connectivity index (χ3n) is 2.83. The van der Waals surface area contributed by atoms with Gasteiger partial charge in [0.25, 0.3) is 0 Å². The first-order valence-electron chi connectivity index (χ1n) is 7.05. The molecule has 0 unspecified atom stereocenters. The van der Waals surface area contributed by atoms with E-state index in [4.69, 9.17) is 4.74 Å². The SMILES string of the molecule is C=C(CCCCCCCC)COCCCC. The van der Waals surface area contributed by atoms with Gasteiger partial charge in [0.15, 0.2) is 0 Å². The number of rotatable bonds is 12. The Hall–Kier alpha value is -0.300. The predicted molar refractivity (Wildman–Crippen MR) is 72.9 cm³/mol. The number of unbranched alkanes of at least 4 members (excludes halogenated alkanes) is 6. The normalized spacial score (nSPS) is 10.6. The molecule has 0 saturated heterocycles. The standard InChI is InChI=1S/C15H30O/c1-4-6-8-9-10-11-12-15(3)14-16-13-7-5-2/h3-14H2,1-2H3. The second kappa shape index (κ2) is 12.8. The molecule has 0 bridgehead atoms. The molecule has 0 aromatic carbocycles. The maximum atomic E-state index is 5.53. The molecule has 0 N–H and O–H groups in total. The van der Waals surface area contributed by atoms with Gasteiger partial charge in [-0.2, -0.15) is 0 Å². The third kappa shape index (κ3) is 11.8. The number of hydrogen-bond donors (Lipinski definition) is 0. The lowest BCUT2D eigenvalue weighted by Crippen LogP contribution is -1.99. The van der Waals surface area contributed by atoms with Crippen LogP contribution in [0.5, 0.6) is 0 Å². The molecule has 0 rings (SSSR count). The van der Waals surface area contributed by atoms with E-state index in [1.54, 1.807) is 0 Å². The molecular formula is C15H30O. The summed E-state index contributed by atoms with van der Waals surface area (Å²) < 4.78 is 5.53. The van der Waals surface area contributed by atoms with E-state index in [0.29, 0.717) is 0 Å². The van der Waals surface area contributed by atoms with Gasteiger partial charge < -0.3 is 4.74 Å². The summed E-state index contributed by atoms with van der Waals surface area (Å²) in [6.07, 6.45) is 11.7. The van der Waals surface area contributed by atoms with Crippen molar-refractivity contribution in [2.45, 2.75) is 71.6 Å². The van der Waals surface area contributed by atoms with Crippen molar-refractivity contribution < 1.29 is 4.74 Å². The Labute approximate surface area is 102 Å². The lowest BCUT2D eigenvalue weighted by Gasteiger charge is -2.06. The molecular weight excluding hydrogens is 196 g/mol. The molecule has 0 spiro atoms. The molecule has 1 nitrogen and oxygen atoms in total. The molecule has 0 aromatic rings. The highest BCUT2D eigenvalue weighted by atomic mass is 16.5. The quantitative estimate of drug-likeness (QED) is 0.332. The van der Waals surface area contributed by atoms with E-state index in [9.17, 15) is 0 Å². The number of hydrogen-bond acceptors (Lipinski definition) is 1. The Kier molecular flexibility index (Phi) is 12.5. The summed E-state index contributed by atoms with van der Waals surface area (Å²) in [7, 11) is 0. The monoisotopic (exact) mass is 226 g/mol. The van der Waals surface area contributed by atoms with Gasteiger partial charge in [-0.05, 0) is 19.3 Å². The van der Waals surface area contributed by atoms with Crippen LogP contribution in [0.15, 0.2) is 12.2 Å². The van der Waals surface area contributed by atoms with E-state index in [2.05, 4.69) is 20.4 Å². The van der Waals surface area contributed by atoms with E-state index >= 15 is 0 Å². The smallest absolute Gasteiger partial charge is 0.0674 e. The highest BCUT2D eigenvalue weighted by molar-refractivity contribution is 4.93. The molecule has 0 aromatic heterocycles. The Morgan fingerprint density at radius 2 is 1.50 bits per heavy atom. The van der Waals surface area contributed by atoms with Gasteiger partial charge in [-0.15, -0.1) is 0 Å². The summed E-state index contributed by atoms with van der Waals surface area (Å²) in [4.78, 5) is 0. The van der Waals surface area contributed by atoms with Crippen LogP contribution in [0.1, 0.15) is 71.6 Å². The minimum absolute atomic E-state index is 0.773. The fourth-order valence-corrected chi connectivity index (χ4v) is 1.69. The highest BCUT2D eigenvalue weighted by Crippen LogP contribution is 2.10. The fourth-order valence-electron chi connectivity index (χ4n) is 1.69. The van der Waals surface area contributed by atoms with Gasteiger partial charge in [-0.1, -0.05) is 64.5 Å². The zero-order chi connectivity index (χ0) is 12.1. The Balaban J connectivity index is 3.11.